The van der Waals surface area contributed by atoms with Crippen LogP contribution in [0, 0.1) is 5.82 Å². The predicted molar refractivity (Wildman–Crippen MR) is 80.5 cm³/mol. The number of halogens is 2. The Labute approximate surface area is 127 Å². The lowest BCUT2D eigenvalue weighted by molar-refractivity contribution is 0.587. The molecule has 2 N–H and O–H groups in total. The van der Waals surface area contributed by atoms with Crippen molar-refractivity contribution in [3.63, 3.8) is 0 Å². The average Bonchev–Trinajstić information content (AvgIpc) is 2.87. The molecule has 0 radical (unpaired) electrons. The topological polar surface area (TPSA) is 63.4 Å². The van der Waals surface area contributed by atoms with Gasteiger partial charge < -0.3 is 5.73 Å². The second kappa shape index (κ2) is 4.89. The van der Waals surface area contributed by atoms with E-state index in [2.05, 4.69) is 0 Å². The van der Waals surface area contributed by atoms with Crippen molar-refractivity contribution >= 4 is 33.0 Å². The lowest BCUT2D eigenvalue weighted by Gasteiger charge is -2.20. The largest absolute Gasteiger partial charge is 0.398 e. The molecule has 1 heterocycles. The fraction of sp³-hybridized carbons (Fsp3) is 0.143. The number of nitrogens with two attached hydrogens (primary N) is 1. The summed E-state index contributed by atoms with van der Waals surface area (Å²) < 4.78 is 40.0. The monoisotopic (exact) mass is 326 g/mol. The van der Waals surface area contributed by atoms with E-state index in [1.165, 1.54) is 10.4 Å². The summed E-state index contributed by atoms with van der Waals surface area (Å²) in [5.41, 5.74) is 7.72. The number of anilines is 2. The molecule has 0 atom stereocenters. The molecule has 0 saturated heterocycles. The maximum Gasteiger partial charge on any atom is 0.265 e. The number of sulfonamides is 1. The highest BCUT2D eigenvalue weighted by atomic mass is 35.5. The molecule has 110 valence electrons. The van der Waals surface area contributed by atoms with Crippen LogP contribution in [-0.2, 0) is 16.4 Å². The minimum Gasteiger partial charge on any atom is -0.398 e. The van der Waals surface area contributed by atoms with Gasteiger partial charge in [-0.25, -0.2) is 12.8 Å². The molecule has 3 rings (SSSR count). The number of hydrogen-bond acceptors (Lipinski definition) is 3. The fourth-order valence-corrected chi connectivity index (χ4v) is 4.46. The van der Waals surface area contributed by atoms with E-state index < -0.39 is 15.8 Å². The first-order chi connectivity index (χ1) is 9.91. The lowest BCUT2D eigenvalue weighted by Crippen LogP contribution is -2.29. The van der Waals surface area contributed by atoms with Gasteiger partial charge in [-0.1, -0.05) is 17.7 Å². The molecule has 0 fully saturated rings. The fourth-order valence-electron chi connectivity index (χ4n) is 2.48. The van der Waals surface area contributed by atoms with Crippen molar-refractivity contribution in [2.45, 2.75) is 11.3 Å². The van der Waals surface area contributed by atoms with E-state index >= 15 is 0 Å². The Bertz CT molecular complexity index is 824. The van der Waals surface area contributed by atoms with Crippen LogP contribution in [-0.4, -0.2) is 15.0 Å². The van der Waals surface area contributed by atoms with Crippen LogP contribution in [0.1, 0.15) is 5.56 Å². The number of nitrogen functional groups attached to an aromatic ring is 1. The molecule has 0 bridgehead atoms. The Morgan fingerprint density at radius 3 is 2.76 bits per heavy atom. The number of rotatable bonds is 2. The third kappa shape index (κ3) is 2.24. The van der Waals surface area contributed by atoms with Crippen molar-refractivity contribution in [1.82, 2.24) is 0 Å². The molecule has 0 spiro atoms. The van der Waals surface area contributed by atoms with E-state index in [0.29, 0.717) is 17.8 Å². The molecule has 0 saturated carbocycles. The van der Waals surface area contributed by atoms with Gasteiger partial charge in [0, 0.05) is 17.8 Å². The summed E-state index contributed by atoms with van der Waals surface area (Å²) in [6, 6.07) is 8.39. The van der Waals surface area contributed by atoms with Gasteiger partial charge in [0.05, 0.1) is 10.7 Å². The Morgan fingerprint density at radius 1 is 1.24 bits per heavy atom. The normalized spacial score (nSPS) is 14.3. The van der Waals surface area contributed by atoms with Crippen LogP contribution in [0.5, 0.6) is 0 Å². The first-order valence-electron chi connectivity index (χ1n) is 6.26. The van der Waals surface area contributed by atoms with Crippen LogP contribution in [0.4, 0.5) is 15.8 Å². The Balaban J connectivity index is 2.14. The number of nitrogens with zero attached hydrogens (tertiary/aromatic N) is 1. The van der Waals surface area contributed by atoms with Gasteiger partial charge in [-0.15, -0.1) is 0 Å². The zero-order valence-electron chi connectivity index (χ0n) is 10.9. The quantitative estimate of drug-likeness (QED) is 0.863. The van der Waals surface area contributed by atoms with Crippen molar-refractivity contribution in [1.29, 1.82) is 0 Å². The summed E-state index contributed by atoms with van der Waals surface area (Å²) in [6.07, 6.45) is 0.522. The van der Waals surface area contributed by atoms with Crippen LogP contribution in [0.15, 0.2) is 41.3 Å². The molecule has 1 aliphatic rings. The van der Waals surface area contributed by atoms with E-state index in [4.69, 9.17) is 17.3 Å². The van der Waals surface area contributed by atoms with Crippen LogP contribution in [0.3, 0.4) is 0 Å². The lowest BCUT2D eigenvalue weighted by atomic mass is 10.1. The maximum atomic E-state index is 13.4. The minimum atomic E-state index is -3.92. The van der Waals surface area contributed by atoms with Crippen LogP contribution >= 0.6 is 11.6 Å². The zero-order valence-corrected chi connectivity index (χ0v) is 12.5. The average molecular weight is 327 g/mol. The highest BCUT2D eigenvalue weighted by Crippen LogP contribution is 2.37. The minimum absolute atomic E-state index is 0.00578. The van der Waals surface area contributed by atoms with Gasteiger partial charge in [0.2, 0.25) is 0 Å². The molecule has 7 heteroatoms. The standard InChI is InChI=1S/C14H12ClFN2O2S/c15-11-5-4-9(16)8-14(11)21(19,20)18-7-6-10-12(17)2-1-3-13(10)18/h1-5,8H,6-7,17H2. The first kappa shape index (κ1) is 14.2. The third-order valence-electron chi connectivity index (χ3n) is 3.48. The van der Waals surface area contributed by atoms with Crippen molar-refractivity contribution in [3.8, 4) is 0 Å². The second-order valence-electron chi connectivity index (χ2n) is 4.75. The SMILES string of the molecule is Nc1cccc2c1CCN2S(=O)(=O)c1cc(F)ccc1Cl. The molecule has 2 aromatic rings. The smallest absolute Gasteiger partial charge is 0.265 e. The Hall–Kier alpha value is -1.79. The molecular weight excluding hydrogens is 315 g/mol. The summed E-state index contributed by atoms with van der Waals surface area (Å²) in [5, 5.41) is -0.00578. The summed E-state index contributed by atoms with van der Waals surface area (Å²) in [5.74, 6) is -0.648. The number of fused-ring (bicyclic) bond motifs is 1. The molecule has 21 heavy (non-hydrogen) atoms. The predicted octanol–water partition coefficient (Wildman–Crippen LogP) is 2.81. The van der Waals surface area contributed by atoms with Crippen LogP contribution < -0.4 is 10.0 Å². The van der Waals surface area contributed by atoms with Crippen LogP contribution in [0.2, 0.25) is 5.02 Å². The van der Waals surface area contributed by atoms with Gasteiger partial charge in [-0.3, -0.25) is 4.31 Å². The summed E-state index contributed by atoms with van der Waals surface area (Å²) >= 11 is 5.92. The molecule has 4 nitrogen and oxygen atoms in total. The summed E-state index contributed by atoms with van der Waals surface area (Å²) in [6.45, 7) is 0.263. The second-order valence-corrected chi connectivity index (χ2v) is 6.98. The first-order valence-corrected chi connectivity index (χ1v) is 8.08. The van der Waals surface area contributed by atoms with E-state index in [-0.39, 0.29) is 16.5 Å². The molecule has 2 aromatic carbocycles. The highest BCUT2D eigenvalue weighted by Gasteiger charge is 2.33. The van der Waals surface area contributed by atoms with Gasteiger partial charge in [-0.05, 0) is 36.8 Å². The van der Waals surface area contributed by atoms with E-state index in [9.17, 15) is 12.8 Å². The molecule has 0 amide bonds. The summed E-state index contributed by atoms with van der Waals surface area (Å²) in [4.78, 5) is -0.237. The van der Waals surface area contributed by atoms with Gasteiger partial charge >= 0.3 is 0 Å². The Kier molecular flexibility index (Phi) is 3.30. The Morgan fingerprint density at radius 2 is 2.00 bits per heavy atom. The molecule has 1 aliphatic heterocycles. The van der Waals surface area contributed by atoms with E-state index in [1.807, 2.05) is 0 Å². The highest BCUT2D eigenvalue weighted by molar-refractivity contribution is 7.93. The molecule has 0 aliphatic carbocycles. The van der Waals surface area contributed by atoms with Crippen molar-refractivity contribution in [2.75, 3.05) is 16.6 Å². The molecular formula is C14H12ClFN2O2S. The van der Waals surface area contributed by atoms with Crippen LogP contribution in [0.25, 0.3) is 0 Å². The van der Waals surface area contributed by atoms with E-state index in [1.54, 1.807) is 18.2 Å². The van der Waals surface area contributed by atoms with Gasteiger partial charge in [-0.2, -0.15) is 0 Å². The van der Waals surface area contributed by atoms with Crippen molar-refractivity contribution in [3.05, 3.63) is 52.8 Å². The van der Waals surface area contributed by atoms with Gasteiger partial charge in [0.25, 0.3) is 10.0 Å². The third-order valence-corrected chi connectivity index (χ3v) is 5.78. The maximum absolute atomic E-state index is 13.4. The molecule has 0 aromatic heterocycles. The van der Waals surface area contributed by atoms with Gasteiger partial charge in [0.1, 0.15) is 10.7 Å². The summed E-state index contributed by atoms with van der Waals surface area (Å²) in [7, 11) is -3.92. The number of hydrogen-bond donors (Lipinski definition) is 1. The van der Waals surface area contributed by atoms with Crippen molar-refractivity contribution in [2.24, 2.45) is 0 Å². The van der Waals surface area contributed by atoms with Crippen molar-refractivity contribution < 1.29 is 12.8 Å². The number of benzene rings is 2. The van der Waals surface area contributed by atoms with Gasteiger partial charge in [0.15, 0.2) is 0 Å². The zero-order chi connectivity index (χ0) is 15.2. The van der Waals surface area contributed by atoms with E-state index in [0.717, 1.165) is 17.7 Å². The molecule has 0 unspecified atom stereocenters.